The van der Waals surface area contributed by atoms with E-state index in [2.05, 4.69) is 15.9 Å². The van der Waals surface area contributed by atoms with Gasteiger partial charge >= 0.3 is 0 Å². The van der Waals surface area contributed by atoms with Gasteiger partial charge in [0.1, 0.15) is 0 Å². The van der Waals surface area contributed by atoms with E-state index in [9.17, 15) is 4.79 Å². The molecule has 12 heavy (non-hydrogen) atoms. The predicted octanol–water partition coefficient (Wildman–Crippen LogP) is 3.61. The van der Waals surface area contributed by atoms with Gasteiger partial charge in [0.2, 0.25) is 0 Å². The van der Waals surface area contributed by atoms with E-state index in [-0.39, 0.29) is 5.78 Å². The van der Waals surface area contributed by atoms with Crippen molar-refractivity contribution in [3.8, 4) is 0 Å². The van der Waals surface area contributed by atoms with Crippen molar-refractivity contribution in [1.29, 1.82) is 0 Å². The smallest absolute Gasteiger partial charge is 0.161 e. The average Bonchev–Trinajstić information content (AvgIpc) is 1.97. The maximum atomic E-state index is 11.1. The Hall–Kier alpha value is -0.340. The third-order valence-electron chi connectivity index (χ3n) is 1.66. The highest BCUT2D eigenvalue weighted by atomic mass is 79.9. The number of ketones is 1. The number of halogens is 2. The summed E-state index contributed by atoms with van der Waals surface area (Å²) in [5.41, 5.74) is 1.52. The fraction of sp³-hybridized carbons (Fsp3) is 0.222. The molecule has 0 atom stereocenters. The van der Waals surface area contributed by atoms with E-state index in [1.54, 1.807) is 0 Å². The van der Waals surface area contributed by atoms with Crippen LogP contribution in [0.4, 0.5) is 0 Å². The molecule has 0 aromatic heterocycles. The van der Waals surface area contributed by atoms with Crippen molar-refractivity contribution in [2.45, 2.75) is 13.8 Å². The molecule has 0 radical (unpaired) electrons. The highest BCUT2D eigenvalue weighted by Crippen LogP contribution is 2.28. The van der Waals surface area contributed by atoms with Crippen molar-refractivity contribution >= 4 is 33.3 Å². The molecule has 3 heteroatoms. The van der Waals surface area contributed by atoms with Gasteiger partial charge in [-0.05, 0) is 41.4 Å². The summed E-state index contributed by atoms with van der Waals surface area (Å²) in [4.78, 5) is 11.1. The molecule has 0 saturated carbocycles. The zero-order valence-electron chi connectivity index (χ0n) is 6.82. The van der Waals surface area contributed by atoms with Crippen LogP contribution in [0.15, 0.2) is 16.6 Å². The molecule has 0 amide bonds. The summed E-state index contributed by atoms with van der Waals surface area (Å²) in [5.74, 6) is -0.00111. The Labute approximate surface area is 84.9 Å². The van der Waals surface area contributed by atoms with E-state index in [0.29, 0.717) is 10.6 Å². The van der Waals surface area contributed by atoms with Crippen LogP contribution >= 0.6 is 27.5 Å². The molecule has 0 aliphatic carbocycles. The zero-order chi connectivity index (χ0) is 9.30. The van der Waals surface area contributed by atoms with Gasteiger partial charge in [-0.15, -0.1) is 0 Å². The molecule has 0 bridgehead atoms. The average molecular weight is 248 g/mol. The number of rotatable bonds is 1. The summed E-state index contributed by atoms with van der Waals surface area (Å²) in [6.07, 6.45) is 0. The number of hydrogen-bond donors (Lipinski definition) is 0. The molecule has 0 saturated heterocycles. The van der Waals surface area contributed by atoms with Crippen LogP contribution in [0.2, 0.25) is 5.02 Å². The van der Waals surface area contributed by atoms with Crippen LogP contribution < -0.4 is 0 Å². The maximum absolute atomic E-state index is 11.1. The van der Waals surface area contributed by atoms with E-state index < -0.39 is 0 Å². The summed E-state index contributed by atoms with van der Waals surface area (Å²) >= 11 is 9.19. The second kappa shape index (κ2) is 3.58. The van der Waals surface area contributed by atoms with Crippen molar-refractivity contribution in [2.24, 2.45) is 0 Å². The van der Waals surface area contributed by atoms with Crippen LogP contribution in [0.1, 0.15) is 22.8 Å². The molecule has 1 aromatic carbocycles. The first-order chi connectivity index (χ1) is 5.54. The number of carbonyl (C=O) groups is 1. The lowest BCUT2D eigenvalue weighted by Gasteiger charge is -2.05. The quantitative estimate of drug-likeness (QED) is 0.693. The van der Waals surface area contributed by atoms with Crippen LogP contribution in [0.3, 0.4) is 0 Å². The van der Waals surface area contributed by atoms with Gasteiger partial charge in [-0.25, -0.2) is 0 Å². The minimum atomic E-state index is -0.00111. The lowest BCUT2D eigenvalue weighted by atomic mass is 10.1. The fourth-order valence-electron chi connectivity index (χ4n) is 1.08. The normalized spacial score (nSPS) is 10.0. The van der Waals surface area contributed by atoms with E-state index in [1.165, 1.54) is 6.92 Å². The number of aryl methyl sites for hydroxylation is 1. The third-order valence-corrected chi connectivity index (χ3v) is 2.94. The minimum Gasteiger partial charge on any atom is -0.294 e. The molecule has 1 nitrogen and oxygen atoms in total. The Morgan fingerprint density at radius 1 is 1.50 bits per heavy atom. The second-order valence-corrected chi connectivity index (χ2v) is 3.84. The van der Waals surface area contributed by atoms with Crippen LogP contribution in [-0.2, 0) is 0 Å². The first kappa shape index (κ1) is 9.75. The van der Waals surface area contributed by atoms with Crippen molar-refractivity contribution in [3.05, 3.63) is 32.8 Å². The topological polar surface area (TPSA) is 17.1 Å². The first-order valence-corrected chi connectivity index (χ1v) is 4.66. The van der Waals surface area contributed by atoms with Gasteiger partial charge in [0, 0.05) is 10.0 Å². The Balaban J connectivity index is 3.43. The molecular formula is C9H8BrClO. The van der Waals surface area contributed by atoms with E-state index in [0.717, 1.165) is 10.0 Å². The molecular weight excluding hydrogens is 239 g/mol. The molecule has 0 spiro atoms. The molecule has 0 unspecified atom stereocenters. The Morgan fingerprint density at radius 3 is 2.50 bits per heavy atom. The van der Waals surface area contributed by atoms with Gasteiger partial charge in [0.25, 0.3) is 0 Å². The number of benzene rings is 1. The molecule has 0 heterocycles. The number of Topliss-reactive ketones (excluding diaryl/α,β-unsaturated/α-hetero) is 1. The highest BCUT2D eigenvalue weighted by Gasteiger charge is 2.11. The monoisotopic (exact) mass is 246 g/mol. The molecule has 0 aliphatic rings. The molecule has 0 fully saturated rings. The van der Waals surface area contributed by atoms with Crippen LogP contribution in [-0.4, -0.2) is 5.78 Å². The molecule has 1 rings (SSSR count). The van der Waals surface area contributed by atoms with E-state index in [4.69, 9.17) is 11.6 Å². The van der Waals surface area contributed by atoms with E-state index in [1.807, 2.05) is 19.1 Å². The molecule has 64 valence electrons. The standard InChI is InChI=1S/C9H8BrClO/c1-5-3-4-7(10)9(11)8(5)6(2)12/h3-4H,1-2H3. The lowest BCUT2D eigenvalue weighted by molar-refractivity contribution is 0.101. The largest absolute Gasteiger partial charge is 0.294 e. The van der Waals surface area contributed by atoms with Gasteiger partial charge in [-0.1, -0.05) is 17.7 Å². The highest BCUT2D eigenvalue weighted by molar-refractivity contribution is 9.10. The predicted molar refractivity (Wildman–Crippen MR) is 53.9 cm³/mol. The summed E-state index contributed by atoms with van der Waals surface area (Å²) in [6.45, 7) is 3.38. The lowest BCUT2D eigenvalue weighted by Crippen LogP contribution is -1.97. The summed E-state index contributed by atoms with van der Waals surface area (Å²) < 4.78 is 0.764. The SMILES string of the molecule is CC(=O)c1c(C)ccc(Br)c1Cl. The van der Waals surface area contributed by atoms with Gasteiger partial charge in [-0.3, -0.25) is 4.79 Å². The molecule has 1 aromatic rings. The molecule has 0 aliphatic heterocycles. The third kappa shape index (κ3) is 1.70. The fourth-order valence-corrected chi connectivity index (χ4v) is 1.75. The van der Waals surface area contributed by atoms with Gasteiger partial charge in [0.15, 0.2) is 5.78 Å². The van der Waals surface area contributed by atoms with Crippen molar-refractivity contribution in [1.82, 2.24) is 0 Å². The Bertz CT molecular complexity index is 334. The summed E-state index contributed by atoms with van der Waals surface area (Å²) in [5, 5.41) is 0.502. The van der Waals surface area contributed by atoms with Gasteiger partial charge < -0.3 is 0 Å². The second-order valence-electron chi connectivity index (χ2n) is 2.61. The first-order valence-electron chi connectivity index (χ1n) is 3.49. The van der Waals surface area contributed by atoms with Crippen molar-refractivity contribution < 1.29 is 4.79 Å². The van der Waals surface area contributed by atoms with Crippen LogP contribution in [0.5, 0.6) is 0 Å². The van der Waals surface area contributed by atoms with Gasteiger partial charge in [-0.2, -0.15) is 0 Å². The maximum Gasteiger partial charge on any atom is 0.161 e. The Kier molecular flexibility index (Phi) is 2.91. The summed E-state index contributed by atoms with van der Waals surface area (Å²) in [7, 11) is 0. The van der Waals surface area contributed by atoms with Crippen molar-refractivity contribution in [3.63, 3.8) is 0 Å². The number of hydrogen-bond acceptors (Lipinski definition) is 1. The zero-order valence-corrected chi connectivity index (χ0v) is 9.16. The summed E-state index contributed by atoms with van der Waals surface area (Å²) in [6, 6.07) is 3.71. The van der Waals surface area contributed by atoms with Crippen LogP contribution in [0.25, 0.3) is 0 Å². The van der Waals surface area contributed by atoms with Gasteiger partial charge in [0.05, 0.1) is 5.02 Å². The van der Waals surface area contributed by atoms with Crippen molar-refractivity contribution in [2.75, 3.05) is 0 Å². The van der Waals surface area contributed by atoms with E-state index >= 15 is 0 Å². The minimum absolute atomic E-state index is 0.00111. The Morgan fingerprint density at radius 2 is 2.08 bits per heavy atom. The number of carbonyl (C=O) groups excluding carboxylic acids is 1. The van der Waals surface area contributed by atoms with Crippen LogP contribution in [0, 0.1) is 6.92 Å². The molecule has 0 N–H and O–H groups in total.